The van der Waals surface area contributed by atoms with Crippen LogP contribution in [0.15, 0.2) is 48.8 Å². The average molecular weight is 386 g/mol. The maximum Gasteiger partial charge on any atom is 0.242 e. The van der Waals surface area contributed by atoms with Gasteiger partial charge in [0.2, 0.25) is 5.91 Å². The predicted molar refractivity (Wildman–Crippen MR) is 110 cm³/mol. The molecule has 2 heterocycles. The smallest absolute Gasteiger partial charge is 0.242 e. The number of hydrogen-bond donors (Lipinski definition) is 1. The van der Waals surface area contributed by atoms with E-state index < -0.39 is 0 Å². The van der Waals surface area contributed by atoms with E-state index in [1.807, 2.05) is 23.9 Å². The summed E-state index contributed by atoms with van der Waals surface area (Å²) in [6.07, 6.45) is 3.52. The van der Waals surface area contributed by atoms with E-state index in [9.17, 15) is 4.79 Å². The third kappa shape index (κ3) is 5.79. The highest BCUT2D eigenvalue weighted by molar-refractivity contribution is 7.98. The number of carbonyl (C=O) groups excluding carboxylic acids is 1. The summed E-state index contributed by atoms with van der Waals surface area (Å²) < 4.78 is 5.44. The number of morpholine rings is 1. The van der Waals surface area contributed by atoms with Gasteiger partial charge in [0.15, 0.2) is 0 Å². The van der Waals surface area contributed by atoms with Crippen molar-refractivity contribution in [3.8, 4) is 0 Å². The van der Waals surface area contributed by atoms with Crippen LogP contribution in [0, 0.1) is 6.92 Å². The van der Waals surface area contributed by atoms with Crippen molar-refractivity contribution in [2.45, 2.75) is 18.7 Å². The lowest BCUT2D eigenvalue weighted by molar-refractivity contribution is -0.128. The summed E-state index contributed by atoms with van der Waals surface area (Å²) in [6, 6.07) is 12.0. The number of aromatic nitrogens is 1. The monoisotopic (exact) mass is 385 g/mol. The molecule has 3 rings (SSSR count). The molecule has 0 saturated carbocycles. The first-order valence-electron chi connectivity index (χ1n) is 9.37. The highest BCUT2D eigenvalue weighted by atomic mass is 32.2. The van der Waals surface area contributed by atoms with Gasteiger partial charge in [-0.05, 0) is 29.7 Å². The largest absolute Gasteiger partial charge is 0.379 e. The Labute approximate surface area is 165 Å². The molecule has 144 valence electrons. The van der Waals surface area contributed by atoms with Gasteiger partial charge in [0.1, 0.15) is 6.04 Å². The highest BCUT2D eigenvalue weighted by Crippen LogP contribution is 2.21. The van der Waals surface area contributed by atoms with Gasteiger partial charge in [-0.15, -0.1) is 0 Å². The maximum atomic E-state index is 12.9. The van der Waals surface area contributed by atoms with Gasteiger partial charge in [-0.25, -0.2) is 0 Å². The minimum Gasteiger partial charge on any atom is -0.379 e. The summed E-state index contributed by atoms with van der Waals surface area (Å²) in [5.41, 5.74) is 3.61. The molecular formula is C21H27N3O2S. The van der Waals surface area contributed by atoms with Crippen LogP contribution in [0.5, 0.6) is 0 Å². The molecule has 0 aliphatic carbocycles. The van der Waals surface area contributed by atoms with Crippen LogP contribution in [0.4, 0.5) is 0 Å². The van der Waals surface area contributed by atoms with Gasteiger partial charge in [0.05, 0.1) is 13.2 Å². The first kappa shape index (κ1) is 19.9. The second-order valence-corrected chi connectivity index (χ2v) is 7.71. The molecule has 0 unspecified atom stereocenters. The molecule has 6 heteroatoms. The van der Waals surface area contributed by atoms with Gasteiger partial charge in [0.25, 0.3) is 0 Å². The fraction of sp³-hybridized carbons (Fsp3) is 0.429. The summed E-state index contributed by atoms with van der Waals surface area (Å²) in [6.45, 7) is 5.64. The van der Waals surface area contributed by atoms with E-state index in [2.05, 4.69) is 46.4 Å². The summed E-state index contributed by atoms with van der Waals surface area (Å²) in [7, 11) is 0. The minimum absolute atomic E-state index is 0.0430. The number of ether oxygens (including phenoxy) is 1. The van der Waals surface area contributed by atoms with E-state index in [1.165, 1.54) is 11.1 Å². The molecule has 27 heavy (non-hydrogen) atoms. The molecule has 0 spiro atoms. The van der Waals surface area contributed by atoms with Gasteiger partial charge < -0.3 is 10.1 Å². The van der Waals surface area contributed by atoms with Crippen LogP contribution in [-0.2, 0) is 15.3 Å². The van der Waals surface area contributed by atoms with Crippen LogP contribution in [0.25, 0.3) is 0 Å². The molecule has 5 nitrogen and oxygen atoms in total. The lowest BCUT2D eigenvalue weighted by atomic mass is 10.1. The highest BCUT2D eigenvalue weighted by Gasteiger charge is 2.28. The zero-order valence-corrected chi connectivity index (χ0v) is 16.6. The summed E-state index contributed by atoms with van der Waals surface area (Å²) in [5.74, 6) is 1.91. The number of nitrogens with one attached hydrogen (secondary N) is 1. The van der Waals surface area contributed by atoms with E-state index in [0.29, 0.717) is 19.8 Å². The second-order valence-electron chi connectivity index (χ2n) is 6.61. The van der Waals surface area contributed by atoms with E-state index in [-0.39, 0.29) is 11.9 Å². The number of rotatable bonds is 8. The molecule has 1 atom stereocenters. The van der Waals surface area contributed by atoms with E-state index >= 15 is 0 Å². The van der Waals surface area contributed by atoms with Crippen LogP contribution in [0.3, 0.4) is 0 Å². The first-order valence-corrected chi connectivity index (χ1v) is 10.5. The molecule has 1 fully saturated rings. The molecule has 1 aromatic carbocycles. The van der Waals surface area contributed by atoms with Crippen molar-refractivity contribution < 1.29 is 9.53 Å². The minimum atomic E-state index is -0.302. The number of hydrogen-bond acceptors (Lipinski definition) is 5. The third-order valence-electron chi connectivity index (χ3n) is 4.72. The van der Waals surface area contributed by atoms with Crippen LogP contribution in [0.2, 0.25) is 0 Å². The number of thioether (sulfide) groups is 1. The molecule has 0 bridgehead atoms. The summed E-state index contributed by atoms with van der Waals surface area (Å²) in [4.78, 5) is 19.3. The quantitative estimate of drug-likeness (QED) is 0.708. The Morgan fingerprint density at radius 3 is 2.81 bits per heavy atom. The topological polar surface area (TPSA) is 54.5 Å². The molecule has 1 amide bonds. The Balaban J connectivity index is 1.51. The number of pyridine rings is 1. The van der Waals surface area contributed by atoms with E-state index in [4.69, 9.17) is 4.74 Å². The number of aryl methyl sites for hydroxylation is 1. The summed E-state index contributed by atoms with van der Waals surface area (Å²) >= 11 is 1.84. The van der Waals surface area contributed by atoms with Crippen molar-refractivity contribution in [2.24, 2.45) is 0 Å². The van der Waals surface area contributed by atoms with Crippen molar-refractivity contribution in [1.29, 1.82) is 0 Å². The Morgan fingerprint density at radius 2 is 2.07 bits per heavy atom. The SMILES string of the molecule is Cc1ccccc1CSCCNC(=O)[C@@H](c1cccnc1)N1CCOCC1. The van der Waals surface area contributed by atoms with E-state index in [0.717, 1.165) is 30.2 Å². The lowest BCUT2D eigenvalue weighted by Crippen LogP contribution is -2.46. The number of benzene rings is 1. The van der Waals surface area contributed by atoms with Crippen LogP contribution >= 0.6 is 11.8 Å². The van der Waals surface area contributed by atoms with Crippen molar-refractivity contribution in [2.75, 3.05) is 38.6 Å². The number of amides is 1. The van der Waals surface area contributed by atoms with Gasteiger partial charge in [0, 0.05) is 43.5 Å². The Morgan fingerprint density at radius 1 is 1.26 bits per heavy atom. The normalized spacial score (nSPS) is 16.0. The van der Waals surface area contributed by atoms with Gasteiger partial charge in [-0.1, -0.05) is 30.3 Å². The predicted octanol–water partition coefficient (Wildman–Crippen LogP) is 2.81. The van der Waals surface area contributed by atoms with Crippen molar-refractivity contribution in [3.63, 3.8) is 0 Å². The van der Waals surface area contributed by atoms with Crippen molar-refractivity contribution in [1.82, 2.24) is 15.2 Å². The first-order chi connectivity index (χ1) is 13.3. The van der Waals surface area contributed by atoms with Crippen molar-refractivity contribution >= 4 is 17.7 Å². The molecule has 1 aliphatic rings. The number of nitrogens with zero attached hydrogens (tertiary/aromatic N) is 2. The standard InChI is InChI=1S/C21H27N3O2S/c1-17-5-2-3-6-19(17)16-27-14-9-23-21(25)20(18-7-4-8-22-15-18)24-10-12-26-13-11-24/h2-8,15,20H,9-14,16H2,1H3,(H,23,25)/t20-/m1/s1. The second kappa shape index (κ2) is 10.4. The zero-order chi connectivity index (χ0) is 18.9. The fourth-order valence-electron chi connectivity index (χ4n) is 3.20. The van der Waals surface area contributed by atoms with E-state index in [1.54, 1.807) is 12.4 Å². The lowest BCUT2D eigenvalue weighted by Gasteiger charge is -2.33. The van der Waals surface area contributed by atoms with Crippen LogP contribution in [-0.4, -0.2) is 54.4 Å². The molecule has 1 aromatic heterocycles. The Bertz CT molecular complexity index is 720. The van der Waals surface area contributed by atoms with Crippen molar-refractivity contribution in [3.05, 3.63) is 65.5 Å². The molecule has 1 N–H and O–H groups in total. The third-order valence-corrected chi connectivity index (χ3v) is 5.73. The van der Waals surface area contributed by atoms with Gasteiger partial charge in [-0.2, -0.15) is 11.8 Å². The Kier molecular flexibility index (Phi) is 7.68. The average Bonchev–Trinajstić information content (AvgIpc) is 2.71. The Hall–Kier alpha value is -1.89. The fourth-order valence-corrected chi connectivity index (χ4v) is 4.13. The summed E-state index contributed by atoms with van der Waals surface area (Å²) in [5, 5.41) is 3.11. The molecule has 2 aromatic rings. The van der Waals surface area contributed by atoms with Gasteiger partial charge >= 0.3 is 0 Å². The van der Waals surface area contributed by atoms with Gasteiger partial charge in [-0.3, -0.25) is 14.7 Å². The number of carbonyl (C=O) groups is 1. The molecular weight excluding hydrogens is 358 g/mol. The molecule has 1 saturated heterocycles. The molecule has 1 aliphatic heterocycles. The zero-order valence-electron chi connectivity index (χ0n) is 15.8. The van der Waals surface area contributed by atoms with Crippen LogP contribution < -0.4 is 5.32 Å². The molecule has 0 radical (unpaired) electrons. The van der Waals surface area contributed by atoms with Crippen LogP contribution in [0.1, 0.15) is 22.7 Å². The maximum absolute atomic E-state index is 12.9.